The Morgan fingerprint density at radius 1 is 0.529 bits per heavy atom. The number of aromatic nitrogens is 6. The van der Waals surface area contributed by atoms with Gasteiger partial charge in [0.25, 0.3) is 0 Å². The van der Waals surface area contributed by atoms with E-state index in [0.717, 1.165) is 66.2 Å². The van der Waals surface area contributed by atoms with Gasteiger partial charge < -0.3 is 8.96 Å². The summed E-state index contributed by atoms with van der Waals surface area (Å²) in [6.45, 7) is 15.0. The average Bonchev–Trinajstić information content (AvgIpc) is 3.90. The van der Waals surface area contributed by atoms with Gasteiger partial charge in [0.2, 0.25) is 5.70 Å². The SMILES string of the molecule is [C-]#[N+]/C(c1cnc2ccccc2n1)=c1\c2c(C(C)C)n(B(c3ccccc3)c3ccccc3)/c(=C(/C#N)c3cnc4ccccc4n3)c2c(-c2ccccc2C)n1B(c1ccccc1)c1ccccc1. The Kier molecular flexibility index (Phi) is 11.5. The predicted molar refractivity (Wildman–Crippen MR) is 286 cm³/mol. The number of hydrogen-bond acceptors (Lipinski definition) is 5. The van der Waals surface area contributed by atoms with E-state index in [0.29, 0.717) is 44.4 Å². The lowest BCUT2D eigenvalue weighted by Gasteiger charge is -2.25. The van der Waals surface area contributed by atoms with Crippen molar-refractivity contribution in [2.24, 2.45) is 0 Å². The van der Waals surface area contributed by atoms with E-state index in [1.807, 2.05) is 72.8 Å². The van der Waals surface area contributed by atoms with Crippen molar-refractivity contribution < 1.29 is 0 Å². The van der Waals surface area contributed by atoms with Gasteiger partial charge in [0.15, 0.2) is 0 Å². The number of rotatable bonds is 10. The van der Waals surface area contributed by atoms with E-state index >= 15 is 0 Å². The molecule has 0 aliphatic carbocycles. The molecule has 70 heavy (non-hydrogen) atoms. The molecule has 4 aromatic heterocycles. The van der Waals surface area contributed by atoms with Gasteiger partial charge in [-0.15, -0.1) is 0 Å². The molecule has 0 atom stereocenters. The first kappa shape index (κ1) is 43.5. The van der Waals surface area contributed by atoms with Crippen LogP contribution in [0.4, 0.5) is 0 Å². The number of aryl methyl sites for hydroxylation is 1. The van der Waals surface area contributed by atoms with Gasteiger partial charge in [0.05, 0.1) is 45.9 Å². The molecule has 0 amide bonds. The van der Waals surface area contributed by atoms with Gasteiger partial charge in [-0.05, 0) is 42.7 Å². The van der Waals surface area contributed by atoms with E-state index in [1.54, 1.807) is 12.4 Å². The molecule has 0 saturated carbocycles. The maximum atomic E-state index is 12.0. The number of benzene rings is 7. The van der Waals surface area contributed by atoms with Crippen LogP contribution in [-0.4, -0.2) is 42.6 Å². The maximum Gasteiger partial charge on any atom is 0.327 e. The maximum absolute atomic E-state index is 12.0. The van der Waals surface area contributed by atoms with Gasteiger partial charge in [-0.2, -0.15) is 5.26 Å². The molecule has 0 spiro atoms. The van der Waals surface area contributed by atoms with E-state index in [4.69, 9.17) is 19.9 Å². The Morgan fingerprint density at radius 2 is 0.957 bits per heavy atom. The normalized spacial score (nSPS) is 12.2. The Balaban J connectivity index is 1.50. The molecule has 0 N–H and O–H groups in total. The first-order chi connectivity index (χ1) is 34.4. The second-order valence-corrected chi connectivity index (χ2v) is 17.8. The van der Waals surface area contributed by atoms with Crippen LogP contribution in [0.5, 0.6) is 0 Å². The number of fused-ring (bicyclic) bond motifs is 3. The standard InChI is InChI=1S/C60H44B2N8/c1-40(2)57-54-55(59(47(37-63)52-38-65-48-33-19-21-35-50(48)67-52)69(57)61(42-24-9-5-10-25-42)43-26-11-6-12-27-43)58(46-32-18-17-23-41(46)3)70(62(44-28-13-7-14-29-44)45-30-15-8-16-31-45)60(54)56(64-4)53-39-66-49-34-20-22-36-51(49)68-53/h5-36,38-40H,1-3H3/b59-47-,60-56+. The third-order valence-electron chi connectivity index (χ3n) is 13.2. The first-order valence-electron chi connectivity index (χ1n) is 23.5. The second-order valence-electron chi connectivity index (χ2n) is 17.8. The van der Waals surface area contributed by atoms with Crippen molar-refractivity contribution in [3.63, 3.8) is 0 Å². The molecule has 8 nitrogen and oxygen atoms in total. The Bertz CT molecular complexity index is 3790. The molecule has 0 aliphatic heterocycles. The zero-order valence-corrected chi connectivity index (χ0v) is 38.9. The highest BCUT2D eigenvalue weighted by Gasteiger charge is 2.37. The van der Waals surface area contributed by atoms with Gasteiger partial charge in [-0.25, -0.2) is 9.83 Å². The predicted octanol–water partition coefficient (Wildman–Crippen LogP) is 8.53. The van der Waals surface area contributed by atoms with Crippen LogP contribution >= 0.6 is 0 Å². The van der Waals surface area contributed by atoms with Gasteiger partial charge in [-0.1, -0.05) is 206 Å². The summed E-state index contributed by atoms with van der Waals surface area (Å²) in [5.41, 5.74) is 12.3. The molecule has 10 heteroatoms. The average molecular weight is 899 g/mol. The summed E-state index contributed by atoms with van der Waals surface area (Å²) < 4.78 is 4.74. The molecular formula is C60H44B2N8. The lowest BCUT2D eigenvalue weighted by atomic mass is 9.50. The highest BCUT2D eigenvalue weighted by molar-refractivity contribution is 6.85. The van der Waals surface area contributed by atoms with E-state index in [2.05, 4.69) is 162 Å². The molecular weight excluding hydrogens is 854 g/mol. The minimum absolute atomic E-state index is 0.158. The molecule has 0 aliphatic rings. The summed E-state index contributed by atoms with van der Waals surface area (Å²) in [4.78, 5) is 24.8. The molecule has 0 fully saturated rings. The van der Waals surface area contributed by atoms with E-state index in [-0.39, 0.29) is 5.92 Å². The number of nitrogens with zero attached hydrogens (tertiary/aromatic N) is 8. The number of para-hydroxylation sites is 4. The lowest BCUT2D eigenvalue weighted by molar-refractivity contribution is 0.809. The summed E-state index contributed by atoms with van der Waals surface area (Å²) >= 11 is 0. The molecule has 11 aromatic rings. The second kappa shape index (κ2) is 18.5. The Morgan fingerprint density at radius 3 is 1.43 bits per heavy atom. The lowest BCUT2D eigenvalue weighted by Crippen LogP contribution is -2.54. The topological polar surface area (TPSA) is 89.6 Å². The summed E-state index contributed by atoms with van der Waals surface area (Å²) in [7, 11) is 0. The van der Waals surface area contributed by atoms with Crippen molar-refractivity contribution in [1.29, 1.82) is 5.26 Å². The van der Waals surface area contributed by atoms with Crippen LogP contribution in [0.25, 0.3) is 60.2 Å². The Hall–Kier alpha value is -9.11. The van der Waals surface area contributed by atoms with Crippen molar-refractivity contribution in [3.05, 3.63) is 251 Å². The fourth-order valence-corrected chi connectivity index (χ4v) is 10.2. The zero-order chi connectivity index (χ0) is 47.7. The third kappa shape index (κ3) is 7.53. The summed E-state index contributed by atoms with van der Waals surface area (Å²) in [6, 6.07) is 68.6. The molecule has 0 radical (unpaired) electrons. The molecule has 7 aromatic carbocycles. The third-order valence-corrected chi connectivity index (χ3v) is 13.2. The Labute approximate surface area is 407 Å². The van der Waals surface area contributed by atoms with Crippen LogP contribution in [0.2, 0.25) is 0 Å². The molecule has 0 bridgehead atoms. The van der Waals surface area contributed by atoms with Crippen LogP contribution in [0.1, 0.15) is 42.4 Å². The van der Waals surface area contributed by atoms with Crippen molar-refractivity contribution >= 4 is 79.7 Å². The first-order valence-corrected chi connectivity index (χ1v) is 23.5. The zero-order valence-electron chi connectivity index (χ0n) is 38.9. The van der Waals surface area contributed by atoms with Crippen LogP contribution in [0.3, 0.4) is 0 Å². The van der Waals surface area contributed by atoms with Gasteiger partial charge in [-0.3, -0.25) is 15.0 Å². The van der Waals surface area contributed by atoms with Crippen molar-refractivity contribution in [3.8, 4) is 17.3 Å². The van der Waals surface area contributed by atoms with E-state index < -0.39 is 13.7 Å². The highest BCUT2D eigenvalue weighted by Crippen LogP contribution is 2.36. The number of nitriles is 1. The van der Waals surface area contributed by atoms with Crippen LogP contribution in [0.15, 0.2) is 207 Å². The quantitative estimate of drug-likeness (QED) is 0.102. The van der Waals surface area contributed by atoms with Crippen LogP contribution in [0, 0.1) is 24.8 Å². The van der Waals surface area contributed by atoms with Crippen LogP contribution < -0.4 is 32.5 Å². The summed E-state index contributed by atoms with van der Waals surface area (Å²) in [6.07, 6.45) is 3.45. The van der Waals surface area contributed by atoms with E-state index in [1.165, 1.54) is 0 Å². The minimum Gasteiger partial charge on any atom is -0.384 e. The monoisotopic (exact) mass is 898 g/mol. The fraction of sp³-hybridized carbons (Fsp3) is 0.0667. The van der Waals surface area contributed by atoms with Crippen molar-refractivity contribution in [2.45, 2.75) is 26.7 Å². The van der Waals surface area contributed by atoms with Crippen LogP contribution in [-0.2, 0) is 0 Å². The molecule has 11 rings (SSSR count). The number of hydrogen-bond donors (Lipinski definition) is 0. The fourth-order valence-electron chi connectivity index (χ4n) is 10.2. The largest absolute Gasteiger partial charge is 0.384 e. The van der Waals surface area contributed by atoms with Crippen molar-refractivity contribution in [1.82, 2.24) is 28.9 Å². The highest BCUT2D eigenvalue weighted by atomic mass is 15.0. The molecule has 4 heterocycles. The smallest absolute Gasteiger partial charge is 0.327 e. The molecule has 0 saturated heterocycles. The minimum atomic E-state index is -0.462. The summed E-state index contributed by atoms with van der Waals surface area (Å²) in [5.74, 6) is -0.158. The van der Waals surface area contributed by atoms with Gasteiger partial charge in [0.1, 0.15) is 17.3 Å². The van der Waals surface area contributed by atoms with Gasteiger partial charge in [0, 0.05) is 39.3 Å². The molecule has 0 unspecified atom stereocenters. The van der Waals surface area contributed by atoms with Gasteiger partial charge >= 0.3 is 13.7 Å². The van der Waals surface area contributed by atoms with E-state index in [9.17, 15) is 11.8 Å². The summed E-state index contributed by atoms with van der Waals surface area (Å²) in [5, 5.41) is 15.0. The van der Waals surface area contributed by atoms with Crippen molar-refractivity contribution in [2.75, 3.05) is 0 Å². The molecule has 330 valence electrons.